The molecule has 8 nitrogen and oxygen atoms in total. The lowest BCUT2D eigenvalue weighted by Crippen LogP contribution is -2.62. The van der Waals surface area contributed by atoms with Crippen LogP contribution in [0.25, 0.3) is 0 Å². The smallest absolute Gasteiger partial charge is 0.322 e. The molecule has 222 valence electrons. The first-order chi connectivity index (χ1) is 18.7. The SMILES string of the molecule is CC(C)(C)N([C@H]1C[C@@H](N2Cc3cn(S(=O)(=O)N4CCCCC4)nc3C2)CO[C@@H]1c1cc(F)ccc1F)C(C)(C)C. The number of nitrogens with zero attached hydrogens (tertiary/aromatic N) is 5. The molecular weight excluding hydrogens is 536 g/mol. The Morgan fingerprint density at radius 2 is 1.68 bits per heavy atom. The first-order valence-electron chi connectivity index (χ1n) is 14.3. The molecule has 2 fully saturated rings. The Bertz CT molecular complexity index is 1290. The van der Waals surface area contributed by atoms with Gasteiger partial charge in [0.15, 0.2) is 0 Å². The Morgan fingerprint density at radius 3 is 2.30 bits per heavy atom. The van der Waals surface area contributed by atoms with Gasteiger partial charge in [-0.2, -0.15) is 21.9 Å². The molecule has 1 aromatic heterocycles. The highest BCUT2D eigenvalue weighted by molar-refractivity contribution is 7.87. The minimum absolute atomic E-state index is 0.00595. The topological polar surface area (TPSA) is 70.9 Å². The van der Waals surface area contributed by atoms with Gasteiger partial charge in [-0.05, 0) is 79.0 Å². The van der Waals surface area contributed by atoms with E-state index in [0.717, 1.165) is 40.7 Å². The molecular formula is C29H43F2N5O3S. The minimum Gasteiger partial charge on any atom is -0.370 e. The van der Waals surface area contributed by atoms with Gasteiger partial charge in [-0.1, -0.05) is 6.42 Å². The molecule has 11 heteroatoms. The van der Waals surface area contributed by atoms with Crippen molar-refractivity contribution in [1.29, 1.82) is 0 Å². The quantitative estimate of drug-likeness (QED) is 0.504. The molecule has 3 aliphatic heterocycles. The average molecular weight is 580 g/mol. The van der Waals surface area contributed by atoms with Crippen molar-refractivity contribution in [2.75, 3.05) is 19.7 Å². The number of hydrogen-bond donors (Lipinski definition) is 0. The van der Waals surface area contributed by atoms with Gasteiger partial charge in [0.1, 0.15) is 17.7 Å². The maximum Gasteiger partial charge on any atom is 0.322 e. The third kappa shape index (κ3) is 5.72. The third-order valence-corrected chi connectivity index (χ3v) is 10.0. The van der Waals surface area contributed by atoms with Crippen molar-refractivity contribution in [2.24, 2.45) is 0 Å². The Balaban J connectivity index is 1.39. The molecule has 0 saturated carbocycles. The van der Waals surface area contributed by atoms with Crippen molar-refractivity contribution in [3.8, 4) is 0 Å². The van der Waals surface area contributed by atoms with Gasteiger partial charge in [-0.15, -0.1) is 0 Å². The first kappa shape index (κ1) is 29.6. The molecule has 0 unspecified atom stereocenters. The van der Waals surface area contributed by atoms with Crippen LogP contribution in [-0.2, 0) is 28.0 Å². The summed E-state index contributed by atoms with van der Waals surface area (Å²) in [5, 5.41) is 4.50. The molecule has 2 aromatic rings. The van der Waals surface area contributed by atoms with Gasteiger partial charge in [0.2, 0.25) is 0 Å². The fraction of sp³-hybridized carbons (Fsp3) is 0.690. The van der Waals surface area contributed by atoms with Crippen molar-refractivity contribution >= 4 is 10.2 Å². The van der Waals surface area contributed by atoms with Crippen molar-refractivity contribution < 1.29 is 21.9 Å². The average Bonchev–Trinajstić information content (AvgIpc) is 3.45. The van der Waals surface area contributed by atoms with Crippen LogP contribution >= 0.6 is 0 Å². The van der Waals surface area contributed by atoms with Crippen LogP contribution in [0.2, 0.25) is 0 Å². The third-order valence-electron chi connectivity index (χ3n) is 8.35. The summed E-state index contributed by atoms with van der Waals surface area (Å²) in [7, 11) is -3.66. The number of benzene rings is 1. The van der Waals surface area contributed by atoms with Crippen LogP contribution in [0.15, 0.2) is 24.4 Å². The van der Waals surface area contributed by atoms with E-state index in [0.29, 0.717) is 39.2 Å². The maximum absolute atomic E-state index is 15.0. The molecule has 40 heavy (non-hydrogen) atoms. The lowest BCUT2D eigenvalue weighted by atomic mass is 9.84. The van der Waals surface area contributed by atoms with E-state index in [9.17, 15) is 12.8 Å². The van der Waals surface area contributed by atoms with Gasteiger partial charge in [-0.25, -0.2) is 8.78 Å². The fourth-order valence-corrected chi connectivity index (χ4v) is 8.48. The summed E-state index contributed by atoms with van der Waals surface area (Å²) < 4.78 is 64.7. The van der Waals surface area contributed by atoms with Crippen molar-refractivity contribution in [3.63, 3.8) is 0 Å². The molecule has 2 saturated heterocycles. The predicted octanol–water partition coefficient (Wildman–Crippen LogP) is 4.85. The van der Waals surface area contributed by atoms with E-state index in [-0.39, 0.29) is 28.7 Å². The van der Waals surface area contributed by atoms with Crippen LogP contribution in [0, 0.1) is 11.6 Å². The number of halogens is 2. The van der Waals surface area contributed by atoms with E-state index >= 15 is 4.39 Å². The van der Waals surface area contributed by atoms with Crippen molar-refractivity contribution in [1.82, 2.24) is 23.3 Å². The van der Waals surface area contributed by atoms with Gasteiger partial charge in [0.05, 0.1) is 12.3 Å². The predicted molar refractivity (Wildman–Crippen MR) is 150 cm³/mol. The molecule has 0 bridgehead atoms. The highest BCUT2D eigenvalue weighted by Crippen LogP contribution is 2.42. The zero-order valence-electron chi connectivity index (χ0n) is 24.5. The van der Waals surface area contributed by atoms with Crippen molar-refractivity contribution in [2.45, 2.75) is 110 Å². The van der Waals surface area contributed by atoms with E-state index in [1.807, 2.05) is 0 Å². The van der Waals surface area contributed by atoms with Crippen LogP contribution < -0.4 is 0 Å². The standard InChI is InChI=1S/C29H43F2N5O3S/c1-28(2,3)36(29(4,5)6)26-15-22(19-39-27(26)23-14-21(30)10-11-24(23)31)33-16-20-17-35(32-25(20)18-33)40(37,38)34-12-8-7-9-13-34/h10-11,14,17,22,26-27H,7-9,12-13,15-16,18-19H2,1-6H3/t22-,26+,27-/m1/s1. The highest BCUT2D eigenvalue weighted by atomic mass is 32.2. The van der Waals surface area contributed by atoms with Crippen LogP contribution in [0.3, 0.4) is 0 Å². The van der Waals surface area contributed by atoms with Crippen LogP contribution in [0.5, 0.6) is 0 Å². The molecule has 0 spiro atoms. The molecule has 1 aromatic carbocycles. The van der Waals surface area contributed by atoms with E-state index in [1.54, 1.807) is 6.20 Å². The Kier molecular flexibility index (Phi) is 7.93. The molecule has 3 aliphatic rings. The van der Waals surface area contributed by atoms with E-state index in [4.69, 9.17) is 4.74 Å². The first-order valence-corrected chi connectivity index (χ1v) is 15.7. The highest BCUT2D eigenvalue weighted by Gasteiger charge is 2.47. The molecule has 0 radical (unpaired) electrons. The number of piperidine rings is 1. The van der Waals surface area contributed by atoms with Crippen LogP contribution in [-0.4, -0.2) is 74.6 Å². The second-order valence-corrected chi connectivity index (χ2v) is 15.2. The molecule has 5 rings (SSSR count). The van der Waals surface area contributed by atoms with E-state index < -0.39 is 27.9 Å². The minimum atomic E-state index is -3.66. The van der Waals surface area contributed by atoms with Gasteiger partial charge in [-0.3, -0.25) is 9.80 Å². The van der Waals surface area contributed by atoms with Crippen LogP contribution in [0.4, 0.5) is 8.78 Å². The summed E-state index contributed by atoms with van der Waals surface area (Å²) in [6, 6.07) is 3.35. The summed E-state index contributed by atoms with van der Waals surface area (Å²) in [5.74, 6) is -0.955. The summed E-state index contributed by atoms with van der Waals surface area (Å²) >= 11 is 0. The number of rotatable bonds is 5. The second-order valence-electron chi connectivity index (χ2n) is 13.4. The zero-order valence-corrected chi connectivity index (χ0v) is 25.3. The maximum atomic E-state index is 15.0. The largest absolute Gasteiger partial charge is 0.370 e. The normalized spacial score (nSPS) is 25.5. The summed E-state index contributed by atoms with van der Waals surface area (Å²) in [5.41, 5.74) is 1.37. The number of hydrogen-bond acceptors (Lipinski definition) is 6. The second kappa shape index (κ2) is 10.7. The lowest BCUT2D eigenvalue weighted by Gasteiger charge is -2.55. The van der Waals surface area contributed by atoms with Gasteiger partial charge in [0, 0.05) is 66.7 Å². The molecule has 0 N–H and O–H groups in total. The Labute approximate surface area is 237 Å². The van der Waals surface area contributed by atoms with Gasteiger partial charge < -0.3 is 4.74 Å². The van der Waals surface area contributed by atoms with Crippen molar-refractivity contribution in [3.05, 3.63) is 52.9 Å². The lowest BCUT2D eigenvalue weighted by molar-refractivity contribution is -0.136. The van der Waals surface area contributed by atoms with Gasteiger partial charge in [0.25, 0.3) is 0 Å². The fourth-order valence-electron chi connectivity index (χ4n) is 7.06. The molecule has 3 atom stereocenters. The molecule has 4 heterocycles. The Hall–Kier alpha value is -1.92. The van der Waals surface area contributed by atoms with E-state index in [1.165, 1.54) is 16.4 Å². The number of aromatic nitrogens is 2. The van der Waals surface area contributed by atoms with Crippen LogP contribution in [0.1, 0.15) is 90.2 Å². The number of ether oxygens (including phenoxy) is 1. The molecule has 0 amide bonds. The molecule has 0 aliphatic carbocycles. The summed E-state index contributed by atoms with van der Waals surface area (Å²) in [6.07, 6.45) is 4.51. The van der Waals surface area contributed by atoms with E-state index in [2.05, 4.69) is 56.4 Å². The van der Waals surface area contributed by atoms with Gasteiger partial charge >= 0.3 is 10.2 Å². The number of fused-ring (bicyclic) bond motifs is 1. The monoisotopic (exact) mass is 579 g/mol. The Morgan fingerprint density at radius 1 is 1.00 bits per heavy atom. The summed E-state index contributed by atoms with van der Waals surface area (Å²) in [6.45, 7) is 15.3. The zero-order chi connectivity index (χ0) is 29.0. The summed E-state index contributed by atoms with van der Waals surface area (Å²) in [4.78, 5) is 4.63.